The van der Waals surface area contributed by atoms with Crippen LogP contribution in [0.5, 0.6) is 0 Å². The van der Waals surface area contributed by atoms with Gasteiger partial charge in [0, 0.05) is 6.04 Å². The van der Waals surface area contributed by atoms with Crippen LogP contribution in [0.1, 0.15) is 13.3 Å². The van der Waals surface area contributed by atoms with Gasteiger partial charge in [-0.3, -0.25) is 14.5 Å². The summed E-state index contributed by atoms with van der Waals surface area (Å²) in [6.07, 6.45) is -3.82. The first-order chi connectivity index (χ1) is 9.74. The Morgan fingerprint density at radius 1 is 1.38 bits per heavy atom. The molecular weight excluding hydrogens is 293 g/mol. The molecule has 1 aliphatic heterocycles. The van der Waals surface area contributed by atoms with Gasteiger partial charge < -0.3 is 15.2 Å². The molecule has 2 unspecified atom stereocenters. The van der Waals surface area contributed by atoms with E-state index in [2.05, 4.69) is 0 Å². The first-order valence-electron chi connectivity index (χ1n) is 6.62. The van der Waals surface area contributed by atoms with Crippen molar-refractivity contribution >= 4 is 11.9 Å². The van der Waals surface area contributed by atoms with Crippen LogP contribution in [0.25, 0.3) is 0 Å². The highest BCUT2D eigenvalue weighted by molar-refractivity contribution is 5.78. The topological polar surface area (TPSA) is 78.9 Å². The second-order valence-electron chi connectivity index (χ2n) is 4.91. The van der Waals surface area contributed by atoms with Gasteiger partial charge in [-0.15, -0.1) is 0 Å². The Hall–Kier alpha value is -1.35. The van der Waals surface area contributed by atoms with Gasteiger partial charge in [-0.25, -0.2) is 0 Å². The van der Waals surface area contributed by atoms with Gasteiger partial charge in [-0.05, 0) is 13.0 Å². The SMILES string of the molecule is CCCN(CC(=O)NCC(F)(F)F)C1COCC1C(=O)O. The summed E-state index contributed by atoms with van der Waals surface area (Å²) in [5, 5.41) is 10.9. The molecule has 0 bridgehead atoms. The molecule has 1 fully saturated rings. The predicted octanol–water partition coefficient (Wildman–Crippen LogP) is 0.476. The van der Waals surface area contributed by atoms with Gasteiger partial charge >= 0.3 is 12.1 Å². The molecule has 0 radical (unpaired) electrons. The molecule has 1 aliphatic rings. The van der Waals surface area contributed by atoms with Crippen LogP contribution in [0.2, 0.25) is 0 Å². The number of alkyl halides is 3. The third-order valence-electron chi connectivity index (χ3n) is 3.18. The van der Waals surface area contributed by atoms with Crippen molar-refractivity contribution in [3.8, 4) is 0 Å². The number of carbonyl (C=O) groups excluding carboxylic acids is 1. The monoisotopic (exact) mass is 312 g/mol. The maximum atomic E-state index is 12.0. The van der Waals surface area contributed by atoms with E-state index in [0.29, 0.717) is 13.0 Å². The van der Waals surface area contributed by atoms with E-state index in [1.807, 2.05) is 6.92 Å². The smallest absolute Gasteiger partial charge is 0.405 e. The van der Waals surface area contributed by atoms with Crippen LogP contribution in [-0.4, -0.2) is 66.9 Å². The molecule has 122 valence electrons. The van der Waals surface area contributed by atoms with Gasteiger partial charge in [-0.2, -0.15) is 13.2 Å². The van der Waals surface area contributed by atoms with Gasteiger partial charge in [-0.1, -0.05) is 6.92 Å². The number of amides is 1. The molecule has 2 N–H and O–H groups in total. The molecule has 0 saturated carbocycles. The van der Waals surface area contributed by atoms with Crippen LogP contribution in [0.4, 0.5) is 13.2 Å². The predicted molar refractivity (Wildman–Crippen MR) is 66.7 cm³/mol. The third-order valence-corrected chi connectivity index (χ3v) is 3.18. The first kappa shape index (κ1) is 17.7. The summed E-state index contributed by atoms with van der Waals surface area (Å²) in [5.74, 6) is -2.59. The quantitative estimate of drug-likeness (QED) is 0.715. The normalized spacial score (nSPS) is 22.5. The van der Waals surface area contributed by atoms with Crippen LogP contribution < -0.4 is 5.32 Å². The third kappa shape index (κ3) is 5.88. The van der Waals surface area contributed by atoms with E-state index in [9.17, 15) is 22.8 Å². The zero-order chi connectivity index (χ0) is 16.0. The van der Waals surface area contributed by atoms with Gasteiger partial charge in [0.05, 0.1) is 25.7 Å². The highest BCUT2D eigenvalue weighted by Crippen LogP contribution is 2.20. The second kappa shape index (κ2) is 7.60. The Bertz CT molecular complexity index is 376. The van der Waals surface area contributed by atoms with Crippen molar-refractivity contribution in [1.29, 1.82) is 0 Å². The number of ether oxygens (including phenoxy) is 1. The summed E-state index contributed by atoms with van der Waals surface area (Å²) < 4.78 is 41.3. The lowest BCUT2D eigenvalue weighted by atomic mass is 10.0. The van der Waals surface area contributed by atoms with E-state index in [1.165, 1.54) is 0 Å². The minimum atomic E-state index is -4.47. The minimum absolute atomic E-state index is 0.0460. The van der Waals surface area contributed by atoms with Crippen molar-refractivity contribution in [3.63, 3.8) is 0 Å². The molecule has 9 heteroatoms. The molecule has 0 spiro atoms. The fourth-order valence-corrected chi connectivity index (χ4v) is 2.23. The van der Waals surface area contributed by atoms with Crippen molar-refractivity contribution in [2.24, 2.45) is 5.92 Å². The van der Waals surface area contributed by atoms with Gasteiger partial charge in [0.15, 0.2) is 0 Å². The van der Waals surface area contributed by atoms with Crippen LogP contribution in [0.15, 0.2) is 0 Å². The fraction of sp³-hybridized carbons (Fsp3) is 0.833. The summed E-state index contributed by atoms with van der Waals surface area (Å²) in [7, 11) is 0. The Kier molecular flexibility index (Phi) is 6.41. The molecule has 2 atom stereocenters. The minimum Gasteiger partial charge on any atom is -0.481 e. The lowest BCUT2D eigenvalue weighted by Gasteiger charge is -2.29. The Morgan fingerprint density at radius 3 is 2.57 bits per heavy atom. The van der Waals surface area contributed by atoms with E-state index in [0.717, 1.165) is 0 Å². The summed E-state index contributed by atoms with van der Waals surface area (Å²) >= 11 is 0. The molecule has 1 rings (SSSR count). The Labute approximate surface area is 120 Å². The number of carboxylic acids is 1. The van der Waals surface area contributed by atoms with E-state index in [4.69, 9.17) is 9.84 Å². The zero-order valence-corrected chi connectivity index (χ0v) is 11.7. The number of nitrogens with zero attached hydrogens (tertiary/aromatic N) is 1. The van der Waals surface area contributed by atoms with Crippen LogP contribution >= 0.6 is 0 Å². The molecule has 21 heavy (non-hydrogen) atoms. The number of hydrogen-bond donors (Lipinski definition) is 2. The number of carboxylic acid groups (broad SMARTS) is 1. The van der Waals surface area contributed by atoms with Crippen molar-refractivity contribution in [2.75, 3.05) is 32.8 Å². The average Bonchev–Trinajstić information content (AvgIpc) is 2.84. The number of aliphatic carboxylic acids is 1. The zero-order valence-electron chi connectivity index (χ0n) is 11.7. The molecule has 1 heterocycles. The van der Waals surface area contributed by atoms with Crippen LogP contribution in [-0.2, 0) is 14.3 Å². The Morgan fingerprint density at radius 2 is 2.05 bits per heavy atom. The maximum absolute atomic E-state index is 12.0. The number of rotatable bonds is 7. The molecule has 0 aliphatic carbocycles. The van der Waals surface area contributed by atoms with Gasteiger partial charge in [0.2, 0.25) is 5.91 Å². The van der Waals surface area contributed by atoms with Gasteiger partial charge in [0.1, 0.15) is 6.54 Å². The highest BCUT2D eigenvalue weighted by Gasteiger charge is 2.38. The Balaban J connectivity index is 2.60. The van der Waals surface area contributed by atoms with E-state index in [1.54, 1.807) is 10.2 Å². The van der Waals surface area contributed by atoms with Crippen molar-refractivity contribution in [1.82, 2.24) is 10.2 Å². The van der Waals surface area contributed by atoms with E-state index < -0.39 is 36.6 Å². The number of hydrogen-bond acceptors (Lipinski definition) is 4. The molecule has 0 aromatic carbocycles. The molecular formula is C12H19F3N2O4. The summed E-state index contributed by atoms with van der Waals surface area (Å²) in [5.41, 5.74) is 0. The fourth-order valence-electron chi connectivity index (χ4n) is 2.23. The lowest BCUT2D eigenvalue weighted by molar-refractivity contribution is -0.144. The van der Waals surface area contributed by atoms with Crippen molar-refractivity contribution in [2.45, 2.75) is 25.6 Å². The molecule has 0 aromatic rings. The van der Waals surface area contributed by atoms with Gasteiger partial charge in [0.25, 0.3) is 0 Å². The highest BCUT2D eigenvalue weighted by atomic mass is 19.4. The van der Waals surface area contributed by atoms with Crippen LogP contribution in [0, 0.1) is 5.92 Å². The van der Waals surface area contributed by atoms with Crippen molar-refractivity contribution in [3.05, 3.63) is 0 Å². The summed E-state index contributed by atoms with van der Waals surface area (Å²) in [4.78, 5) is 24.2. The summed E-state index contributed by atoms with van der Waals surface area (Å²) in [6.45, 7) is 0.786. The van der Waals surface area contributed by atoms with E-state index >= 15 is 0 Å². The molecule has 1 amide bonds. The summed E-state index contributed by atoms with van der Waals surface area (Å²) in [6, 6.07) is -0.501. The first-order valence-corrected chi connectivity index (χ1v) is 6.62. The average molecular weight is 312 g/mol. The number of carbonyl (C=O) groups is 2. The van der Waals surface area contributed by atoms with Crippen molar-refractivity contribution < 1.29 is 32.6 Å². The van der Waals surface area contributed by atoms with E-state index in [-0.39, 0.29) is 19.8 Å². The largest absolute Gasteiger partial charge is 0.481 e. The number of nitrogens with one attached hydrogen (secondary N) is 1. The van der Waals surface area contributed by atoms with Crippen LogP contribution in [0.3, 0.4) is 0 Å². The molecule has 0 aromatic heterocycles. The number of halogens is 3. The maximum Gasteiger partial charge on any atom is 0.405 e. The standard InChI is InChI=1S/C12H19F3N2O4/c1-2-3-17(4-10(18)16-7-12(13,14)15)9-6-21-5-8(9)11(19)20/h8-9H,2-7H2,1H3,(H,16,18)(H,19,20). The molecule has 1 saturated heterocycles. The second-order valence-corrected chi connectivity index (χ2v) is 4.91. The molecule has 6 nitrogen and oxygen atoms in total. The lowest BCUT2D eigenvalue weighted by Crippen LogP contribution is -2.49.